The number of imidazole rings is 1. The number of hydrogen-bond acceptors (Lipinski definition) is 7. The first-order chi connectivity index (χ1) is 15.6. The molecule has 1 atom stereocenters. The summed E-state index contributed by atoms with van der Waals surface area (Å²) in [5.74, 6) is 1.78. The van der Waals surface area contributed by atoms with Gasteiger partial charge in [-0.05, 0) is 43.9 Å². The summed E-state index contributed by atoms with van der Waals surface area (Å²) in [6.07, 6.45) is 3.17. The molecule has 4 aromatic rings. The molecule has 3 heterocycles. The van der Waals surface area contributed by atoms with E-state index in [1.54, 1.807) is 0 Å². The second-order valence-electron chi connectivity index (χ2n) is 8.44. The lowest BCUT2D eigenvalue weighted by Crippen LogP contribution is -2.35. The quantitative estimate of drug-likeness (QED) is 0.494. The van der Waals surface area contributed by atoms with Gasteiger partial charge < -0.3 is 29.9 Å². The summed E-state index contributed by atoms with van der Waals surface area (Å²) >= 11 is 0. The summed E-state index contributed by atoms with van der Waals surface area (Å²) in [5.41, 5.74) is 15.2. The number of carbonyl (C=O) groups excluding carboxylic acids is 1. The molecule has 1 aliphatic heterocycles. The van der Waals surface area contributed by atoms with Gasteiger partial charge in [-0.2, -0.15) is 4.98 Å². The molecule has 1 aliphatic carbocycles. The Morgan fingerprint density at radius 3 is 2.84 bits per heavy atom. The molecule has 9 nitrogen and oxygen atoms in total. The minimum absolute atomic E-state index is 0.136. The zero-order valence-corrected chi connectivity index (χ0v) is 17.4. The number of nitrogens with zero attached hydrogens (tertiary/aromatic N) is 3. The monoisotopic (exact) mass is 433 g/mol. The van der Waals surface area contributed by atoms with Crippen LogP contribution in [0.4, 0.5) is 6.01 Å². The van der Waals surface area contributed by atoms with Gasteiger partial charge in [0.25, 0.3) is 11.9 Å². The largest absolute Gasteiger partial charge is 0.491 e. The van der Waals surface area contributed by atoms with Gasteiger partial charge in [-0.1, -0.05) is 0 Å². The lowest BCUT2D eigenvalue weighted by Gasteiger charge is -2.19. The highest BCUT2D eigenvalue weighted by Crippen LogP contribution is 2.39. The van der Waals surface area contributed by atoms with Crippen molar-refractivity contribution in [1.82, 2.24) is 14.5 Å². The van der Waals surface area contributed by atoms with E-state index in [1.165, 1.54) is 0 Å². The van der Waals surface area contributed by atoms with E-state index in [4.69, 9.17) is 30.3 Å². The van der Waals surface area contributed by atoms with Crippen molar-refractivity contribution in [2.75, 3.05) is 12.3 Å². The van der Waals surface area contributed by atoms with E-state index in [-0.39, 0.29) is 11.9 Å². The number of primary amides is 1. The van der Waals surface area contributed by atoms with E-state index >= 15 is 0 Å². The summed E-state index contributed by atoms with van der Waals surface area (Å²) in [4.78, 5) is 21.1. The third-order valence-corrected chi connectivity index (χ3v) is 6.07. The molecule has 9 heteroatoms. The summed E-state index contributed by atoms with van der Waals surface area (Å²) < 4.78 is 19.7. The summed E-state index contributed by atoms with van der Waals surface area (Å²) in [7, 11) is 0. The van der Waals surface area contributed by atoms with Gasteiger partial charge in [0.15, 0.2) is 11.7 Å². The lowest BCUT2D eigenvalue weighted by molar-refractivity contribution is -0.125. The van der Waals surface area contributed by atoms with Gasteiger partial charge >= 0.3 is 0 Å². The number of nitrogens with two attached hydrogens (primary N) is 2. The van der Waals surface area contributed by atoms with Crippen LogP contribution in [0.2, 0.25) is 0 Å². The number of carbonyl (C=O) groups is 1. The summed E-state index contributed by atoms with van der Waals surface area (Å²) in [5, 5.41) is 0. The molecule has 0 radical (unpaired) electrons. The van der Waals surface area contributed by atoms with Crippen LogP contribution in [-0.2, 0) is 11.3 Å². The van der Waals surface area contributed by atoms with E-state index in [2.05, 4.69) is 9.55 Å². The first kappa shape index (κ1) is 19.0. The Kier molecular flexibility index (Phi) is 4.24. The minimum atomic E-state index is -0.630. The molecule has 6 rings (SSSR count). The maximum Gasteiger partial charge on any atom is 0.292 e. The standard InChI is InChI=1S/C23H23N5O4/c24-21(29)20(12-3-4-12)31-14-10-16-19-18(11-14)30-8-2-1-7-28(19)22(26-16)13-5-6-17-15(9-13)27-23(25)32-17/h5-6,9-12,20H,1-4,7-8H2,(H2,24,29)(H2,25,27)/t20-/m0/s1. The molecular weight excluding hydrogens is 410 g/mol. The van der Waals surface area contributed by atoms with Gasteiger partial charge in [-0.3, -0.25) is 4.79 Å². The van der Waals surface area contributed by atoms with Crippen molar-refractivity contribution in [2.45, 2.75) is 38.3 Å². The second kappa shape index (κ2) is 7.15. The van der Waals surface area contributed by atoms with Crippen LogP contribution in [0.1, 0.15) is 25.7 Å². The molecule has 1 saturated carbocycles. The van der Waals surface area contributed by atoms with Crippen LogP contribution in [0.5, 0.6) is 11.5 Å². The van der Waals surface area contributed by atoms with Crippen molar-refractivity contribution in [3.63, 3.8) is 0 Å². The molecule has 1 fully saturated rings. The number of oxazole rings is 1. The van der Waals surface area contributed by atoms with Gasteiger partial charge in [0.05, 0.1) is 12.1 Å². The molecule has 4 N–H and O–H groups in total. The van der Waals surface area contributed by atoms with E-state index in [0.29, 0.717) is 29.2 Å². The predicted molar refractivity (Wildman–Crippen MR) is 118 cm³/mol. The zero-order valence-electron chi connectivity index (χ0n) is 17.4. The van der Waals surface area contributed by atoms with Gasteiger partial charge in [-0.25, -0.2) is 4.98 Å². The molecule has 0 spiro atoms. The topological polar surface area (TPSA) is 131 Å². The van der Waals surface area contributed by atoms with Crippen molar-refractivity contribution in [3.05, 3.63) is 30.3 Å². The van der Waals surface area contributed by atoms with Gasteiger partial charge in [0, 0.05) is 30.2 Å². The lowest BCUT2D eigenvalue weighted by atomic mass is 10.2. The molecule has 2 aromatic carbocycles. The van der Waals surface area contributed by atoms with Crippen molar-refractivity contribution in [2.24, 2.45) is 11.7 Å². The number of ether oxygens (including phenoxy) is 2. The molecule has 32 heavy (non-hydrogen) atoms. The Morgan fingerprint density at radius 1 is 1.16 bits per heavy atom. The number of benzene rings is 2. The number of hydrogen-bond donors (Lipinski definition) is 2. The molecule has 0 unspecified atom stereocenters. The first-order valence-corrected chi connectivity index (χ1v) is 10.9. The average Bonchev–Trinajstić information content (AvgIpc) is 3.41. The third kappa shape index (κ3) is 3.21. The third-order valence-electron chi connectivity index (χ3n) is 6.07. The van der Waals surface area contributed by atoms with Crippen molar-refractivity contribution in [3.8, 4) is 22.9 Å². The normalized spacial score (nSPS) is 17.0. The van der Waals surface area contributed by atoms with Crippen LogP contribution in [0, 0.1) is 5.92 Å². The predicted octanol–water partition coefficient (Wildman–Crippen LogP) is 3.24. The Balaban J connectivity index is 1.49. The fourth-order valence-corrected chi connectivity index (χ4v) is 4.39. The highest BCUT2D eigenvalue weighted by atomic mass is 16.5. The van der Waals surface area contributed by atoms with Crippen molar-refractivity contribution >= 4 is 34.1 Å². The molecule has 0 saturated heterocycles. The average molecular weight is 433 g/mol. The maximum absolute atomic E-state index is 11.9. The first-order valence-electron chi connectivity index (χ1n) is 10.9. The number of rotatable bonds is 5. The minimum Gasteiger partial charge on any atom is -0.491 e. The number of fused-ring (bicyclic) bond motifs is 1. The van der Waals surface area contributed by atoms with Crippen LogP contribution in [0.25, 0.3) is 33.5 Å². The van der Waals surface area contributed by atoms with E-state index in [1.807, 2.05) is 30.3 Å². The zero-order chi connectivity index (χ0) is 21.8. The molecule has 1 amide bonds. The fraction of sp³-hybridized carbons (Fsp3) is 0.348. The van der Waals surface area contributed by atoms with Crippen LogP contribution in [0.15, 0.2) is 34.7 Å². The smallest absolute Gasteiger partial charge is 0.292 e. The fourth-order valence-electron chi connectivity index (χ4n) is 4.39. The number of anilines is 1. The van der Waals surface area contributed by atoms with Crippen LogP contribution in [0.3, 0.4) is 0 Å². The molecule has 164 valence electrons. The number of aryl methyl sites for hydroxylation is 1. The number of aromatic nitrogens is 3. The highest BCUT2D eigenvalue weighted by molar-refractivity contribution is 5.89. The molecule has 2 aromatic heterocycles. The van der Waals surface area contributed by atoms with Crippen LogP contribution < -0.4 is 20.9 Å². The molecular formula is C23H23N5O4. The van der Waals surface area contributed by atoms with E-state index in [0.717, 1.165) is 54.6 Å². The Labute approximate surface area is 183 Å². The second-order valence-corrected chi connectivity index (χ2v) is 8.44. The molecule has 2 aliphatic rings. The summed E-state index contributed by atoms with van der Waals surface area (Å²) in [6.45, 7) is 1.43. The van der Waals surface area contributed by atoms with Crippen LogP contribution >= 0.6 is 0 Å². The van der Waals surface area contributed by atoms with Crippen LogP contribution in [-0.4, -0.2) is 33.2 Å². The maximum atomic E-state index is 11.9. The van der Waals surface area contributed by atoms with Gasteiger partial charge in [0.2, 0.25) is 0 Å². The Hall–Kier alpha value is -3.75. The van der Waals surface area contributed by atoms with Gasteiger partial charge in [0.1, 0.15) is 28.4 Å². The highest BCUT2D eigenvalue weighted by Gasteiger charge is 2.37. The summed E-state index contributed by atoms with van der Waals surface area (Å²) in [6, 6.07) is 9.56. The van der Waals surface area contributed by atoms with E-state index < -0.39 is 12.0 Å². The number of amides is 1. The Bertz CT molecular complexity index is 1350. The van der Waals surface area contributed by atoms with Crippen molar-refractivity contribution < 1.29 is 18.7 Å². The van der Waals surface area contributed by atoms with Crippen molar-refractivity contribution in [1.29, 1.82) is 0 Å². The van der Waals surface area contributed by atoms with E-state index in [9.17, 15) is 4.79 Å². The Morgan fingerprint density at radius 2 is 2.03 bits per heavy atom. The van der Waals surface area contributed by atoms with Gasteiger partial charge in [-0.15, -0.1) is 0 Å². The molecule has 0 bridgehead atoms. The SMILES string of the molecule is NC(=O)[C@@H](Oc1cc2c3c(c1)nc(-c1ccc4oc(N)nc4c1)n3CCCCO2)C1CC1. The number of nitrogen functional groups attached to an aromatic ring is 1.